The van der Waals surface area contributed by atoms with E-state index in [1.54, 1.807) is 27.2 Å². The Balaban J connectivity index is 2.85. The minimum absolute atomic E-state index is 0.273. The second-order valence-corrected chi connectivity index (χ2v) is 4.49. The van der Waals surface area contributed by atoms with Crippen molar-refractivity contribution in [2.24, 2.45) is 0 Å². The molecule has 0 aliphatic carbocycles. The van der Waals surface area contributed by atoms with Gasteiger partial charge in [0.05, 0.1) is 18.0 Å². The van der Waals surface area contributed by atoms with Crippen molar-refractivity contribution >= 4 is 11.4 Å². The summed E-state index contributed by atoms with van der Waals surface area (Å²) < 4.78 is 23.6. The maximum Gasteiger partial charge on any atom is 0.128 e. The lowest BCUT2D eigenvalue weighted by molar-refractivity contribution is 0.191. The Kier molecular flexibility index (Phi) is 6.59. The van der Waals surface area contributed by atoms with E-state index in [0.717, 1.165) is 25.2 Å². The average Bonchev–Trinajstić information content (AvgIpc) is 2.38. The van der Waals surface area contributed by atoms with Crippen LogP contribution in [0.5, 0.6) is 0 Å². The molecule has 108 valence electrons. The summed E-state index contributed by atoms with van der Waals surface area (Å²) in [5.74, 6) is -0.273. The van der Waals surface area contributed by atoms with Crippen molar-refractivity contribution in [2.75, 3.05) is 51.2 Å². The molecule has 0 atom stereocenters. The molecule has 1 rings (SSSR count). The van der Waals surface area contributed by atoms with Crippen LogP contribution in [0.3, 0.4) is 0 Å². The van der Waals surface area contributed by atoms with Gasteiger partial charge in [-0.1, -0.05) is 0 Å². The molecule has 2 N–H and O–H groups in total. The highest BCUT2D eigenvalue weighted by Gasteiger charge is 2.12. The third-order valence-corrected chi connectivity index (χ3v) is 2.99. The van der Waals surface area contributed by atoms with Crippen molar-refractivity contribution in [3.8, 4) is 0 Å². The van der Waals surface area contributed by atoms with Gasteiger partial charge in [0, 0.05) is 33.9 Å². The van der Waals surface area contributed by atoms with E-state index in [4.69, 9.17) is 15.2 Å². The molecular weight excluding hydrogens is 247 g/mol. The first kappa shape index (κ1) is 15.7. The number of hydrogen-bond donors (Lipinski definition) is 1. The first-order valence-electron chi connectivity index (χ1n) is 6.38. The van der Waals surface area contributed by atoms with Crippen LogP contribution in [-0.2, 0) is 9.47 Å². The van der Waals surface area contributed by atoms with Gasteiger partial charge >= 0.3 is 0 Å². The number of nitrogens with zero attached hydrogens (tertiary/aromatic N) is 1. The number of anilines is 2. The molecule has 0 bridgehead atoms. The van der Waals surface area contributed by atoms with Crippen LogP contribution in [0.2, 0.25) is 0 Å². The Morgan fingerprint density at radius 2 is 1.84 bits per heavy atom. The zero-order chi connectivity index (χ0) is 14.3. The summed E-state index contributed by atoms with van der Waals surface area (Å²) in [6.07, 6.45) is 0.885. The SMILES string of the molecule is COCCCN(CCOC)c1cc(C)c(F)cc1N. The fourth-order valence-corrected chi connectivity index (χ4v) is 1.91. The van der Waals surface area contributed by atoms with Gasteiger partial charge in [0.25, 0.3) is 0 Å². The van der Waals surface area contributed by atoms with E-state index in [1.165, 1.54) is 6.07 Å². The standard InChI is InChI=1S/C14H23FN2O2/c1-11-9-14(13(16)10-12(11)15)17(6-8-19-3)5-4-7-18-2/h9-10H,4-8,16H2,1-3H3. The predicted molar refractivity (Wildman–Crippen MR) is 76.1 cm³/mol. The molecule has 0 aliphatic heterocycles. The molecule has 0 amide bonds. The monoisotopic (exact) mass is 270 g/mol. The highest BCUT2D eigenvalue weighted by atomic mass is 19.1. The summed E-state index contributed by atoms with van der Waals surface area (Å²) >= 11 is 0. The number of aryl methyl sites for hydroxylation is 1. The van der Waals surface area contributed by atoms with Crippen LogP contribution in [-0.4, -0.2) is 40.5 Å². The smallest absolute Gasteiger partial charge is 0.128 e. The van der Waals surface area contributed by atoms with Crippen molar-refractivity contribution in [1.29, 1.82) is 0 Å². The number of nitrogen functional groups attached to an aromatic ring is 1. The van der Waals surface area contributed by atoms with Crippen molar-refractivity contribution < 1.29 is 13.9 Å². The fraction of sp³-hybridized carbons (Fsp3) is 0.571. The van der Waals surface area contributed by atoms with E-state index in [-0.39, 0.29) is 5.82 Å². The molecular formula is C14H23FN2O2. The average molecular weight is 270 g/mol. The van der Waals surface area contributed by atoms with Gasteiger partial charge in [-0.3, -0.25) is 0 Å². The highest BCUT2D eigenvalue weighted by molar-refractivity contribution is 5.68. The second-order valence-electron chi connectivity index (χ2n) is 4.49. The van der Waals surface area contributed by atoms with Gasteiger partial charge in [0.2, 0.25) is 0 Å². The van der Waals surface area contributed by atoms with Crippen molar-refractivity contribution in [3.63, 3.8) is 0 Å². The van der Waals surface area contributed by atoms with Gasteiger partial charge in [-0.2, -0.15) is 0 Å². The Morgan fingerprint density at radius 3 is 2.47 bits per heavy atom. The van der Waals surface area contributed by atoms with E-state index in [1.807, 2.05) is 0 Å². The molecule has 19 heavy (non-hydrogen) atoms. The zero-order valence-electron chi connectivity index (χ0n) is 11.9. The van der Waals surface area contributed by atoms with E-state index in [2.05, 4.69) is 4.90 Å². The van der Waals surface area contributed by atoms with E-state index in [9.17, 15) is 4.39 Å². The quantitative estimate of drug-likeness (QED) is 0.581. The number of methoxy groups -OCH3 is 2. The lowest BCUT2D eigenvalue weighted by Crippen LogP contribution is -2.29. The maximum atomic E-state index is 13.4. The number of hydrogen-bond acceptors (Lipinski definition) is 4. The molecule has 0 heterocycles. The van der Waals surface area contributed by atoms with Crippen LogP contribution in [0.25, 0.3) is 0 Å². The normalized spacial score (nSPS) is 10.7. The van der Waals surface area contributed by atoms with Crippen LogP contribution < -0.4 is 10.6 Å². The van der Waals surface area contributed by atoms with E-state index in [0.29, 0.717) is 24.5 Å². The number of nitrogens with two attached hydrogens (primary N) is 1. The molecule has 4 nitrogen and oxygen atoms in total. The van der Waals surface area contributed by atoms with Crippen LogP contribution in [0.15, 0.2) is 12.1 Å². The number of halogens is 1. The molecule has 0 unspecified atom stereocenters. The predicted octanol–water partition coefficient (Wildman–Crippen LogP) is 2.21. The van der Waals surface area contributed by atoms with Gasteiger partial charge in [-0.15, -0.1) is 0 Å². The molecule has 1 aromatic rings. The highest BCUT2D eigenvalue weighted by Crippen LogP contribution is 2.26. The second kappa shape index (κ2) is 7.96. The number of benzene rings is 1. The Morgan fingerprint density at radius 1 is 1.16 bits per heavy atom. The molecule has 0 saturated carbocycles. The summed E-state index contributed by atoms with van der Waals surface area (Å²) in [5, 5.41) is 0. The van der Waals surface area contributed by atoms with Gasteiger partial charge in [-0.05, 0) is 31.0 Å². The lowest BCUT2D eigenvalue weighted by Gasteiger charge is -2.26. The maximum absolute atomic E-state index is 13.4. The first-order chi connectivity index (χ1) is 9.10. The minimum atomic E-state index is -0.273. The summed E-state index contributed by atoms with van der Waals surface area (Å²) in [6, 6.07) is 3.16. The Bertz CT molecular complexity index is 399. The van der Waals surface area contributed by atoms with Crippen LogP contribution in [0.4, 0.5) is 15.8 Å². The van der Waals surface area contributed by atoms with Crippen LogP contribution >= 0.6 is 0 Å². The third kappa shape index (κ3) is 4.69. The molecule has 0 fully saturated rings. The zero-order valence-corrected chi connectivity index (χ0v) is 11.9. The van der Waals surface area contributed by atoms with Crippen molar-refractivity contribution in [2.45, 2.75) is 13.3 Å². The van der Waals surface area contributed by atoms with Gasteiger partial charge in [-0.25, -0.2) is 4.39 Å². The van der Waals surface area contributed by atoms with Crippen molar-refractivity contribution in [1.82, 2.24) is 0 Å². The summed E-state index contributed by atoms with van der Waals surface area (Å²) in [6.45, 7) is 4.54. The molecule has 0 radical (unpaired) electrons. The first-order valence-corrected chi connectivity index (χ1v) is 6.38. The molecule has 5 heteroatoms. The van der Waals surface area contributed by atoms with Crippen LogP contribution in [0.1, 0.15) is 12.0 Å². The fourth-order valence-electron chi connectivity index (χ4n) is 1.91. The molecule has 0 aliphatic rings. The topological polar surface area (TPSA) is 47.7 Å². The Labute approximate surface area is 114 Å². The third-order valence-electron chi connectivity index (χ3n) is 2.99. The summed E-state index contributed by atoms with van der Waals surface area (Å²) in [4.78, 5) is 2.10. The molecule has 0 aromatic heterocycles. The van der Waals surface area contributed by atoms with Gasteiger partial charge < -0.3 is 20.1 Å². The summed E-state index contributed by atoms with van der Waals surface area (Å²) in [7, 11) is 3.34. The summed E-state index contributed by atoms with van der Waals surface area (Å²) in [5.41, 5.74) is 7.82. The molecule has 1 aromatic carbocycles. The van der Waals surface area contributed by atoms with Gasteiger partial charge in [0.1, 0.15) is 5.82 Å². The van der Waals surface area contributed by atoms with Crippen molar-refractivity contribution in [3.05, 3.63) is 23.5 Å². The minimum Gasteiger partial charge on any atom is -0.397 e. The molecule has 0 saturated heterocycles. The molecule has 0 spiro atoms. The lowest BCUT2D eigenvalue weighted by atomic mass is 10.1. The van der Waals surface area contributed by atoms with Gasteiger partial charge in [0.15, 0.2) is 0 Å². The number of rotatable bonds is 8. The number of ether oxygens (including phenoxy) is 2. The van der Waals surface area contributed by atoms with E-state index >= 15 is 0 Å². The Hall–Kier alpha value is -1.33. The van der Waals surface area contributed by atoms with Crippen LogP contribution in [0, 0.1) is 12.7 Å². The largest absolute Gasteiger partial charge is 0.397 e. The van der Waals surface area contributed by atoms with E-state index < -0.39 is 0 Å².